The Morgan fingerprint density at radius 1 is 1.28 bits per heavy atom. The third-order valence-electron chi connectivity index (χ3n) is 2.50. The highest BCUT2D eigenvalue weighted by atomic mass is 79.9. The van der Waals surface area contributed by atoms with E-state index < -0.39 is 0 Å². The van der Waals surface area contributed by atoms with Gasteiger partial charge in [0.1, 0.15) is 5.82 Å². The van der Waals surface area contributed by atoms with Gasteiger partial charge in [0.15, 0.2) is 0 Å². The second-order valence-corrected chi connectivity index (χ2v) is 5.67. The first kappa shape index (κ1) is 13.7. The predicted octanol–water partition coefficient (Wildman–Crippen LogP) is 3.05. The number of hydrogen-bond acceptors (Lipinski definition) is 3. The van der Waals surface area contributed by atoms with Crippen LogP contribution in [0, 0.1) is 0 Å². The molecule has 0 radical (unpaired) electrons. The van der Waals surface area contributed by atoms with Gasteiger partial charge in [0.05, 0.1) is 5.69 Å². The number of hydrogen-bond donors (Lipinski definition) is 2. The summed E-state index contributed by atoms with van der Waals surface area (Å²) in [5.74, 6) is 1.04. The molecule has 0 aliphatic heterocycles. The minimum atomic E-state index is 0.770. The van der Waals surface area contributed by atoms with Gasteiger partial charge in [-0.15, -0.1) is 0 Å². The normalized spacial score (nSPS) is 10.8. The van der Waals surface area contributed by atoms with Crippen LogP contribution in [-0.4, -0.2) is 21.5 Å². The van der Waals surface area contributed by atoms with Crippen molar-refractivity contribution in [3.05, 3.63) is 45.1 Å². The van der Waals surface area contributed by atoms with Crippen molar-refractivity contribution < 1.29 is 0 Å². The highest BCUT2D eigenvalue weighted by Crippen LogP contribution is 2.19. The van der Waals surface area contributed by atoms with Gasteiger partial charge in [-0.25, -0.2) is 4.98 Å². The van der Waals surface area contributed by atoms with Crippen LogP contribution < -0.4 is 5.32 Å². The van der Waals surface area contributed by atoms with Crippen molar-refractivity contribution >= 4 is 31.9 Å². The molecule has 0 bridgehead atoms. The lowest BCUT2D eigenvalue weighted by Gasteiger charge is -2.06. The maximum atomic E-state index is 4.35. The number of nitrogens with zero attached hydrogens (tertiary/aromatic N) is 2. The maximum Gasteiger partial charge on any atom is 0.106 e. The topological polar surface area (TPSA) is 53.6 Å². The molecule has 18 heavy (non-hydrogen) atoms. The molecule has 6 heteroatoms. The van der Waals surface area contributed by atoms with E-state index >= 15 is 0 Å². The van der Waals surface area contributed by atoms with Crippen molar-refractivity contribution in [1.82, 2.24) is 20.3 Å². The summed E-state index contributed by atoms with van der Waals surface area (Å²) >= 11 is 6.89. The number of pyridine rings is 1. The van der Waals surface area contributed by atoms with Crippen LogP contribution in [0.5, 0.6) is 0 Å². The maximum absolute atomic E-state index is 4.35. The van der Waals surface area contributed by atoms with Gasteiger partial charge in [0.2, 0.25) is 0 Å². The van der Waals surface area contributed by atoms with Gasteiger partial charge >= 0.3 is 0 Å². The lowest BCUT2D eigenvalue weighted by Crippen LogP contribution is -2.16. The fourth-order valence-electron chi connectivity index (χ4n) is 1.60. The summed E-state index contributed by atoms with van der Waals surface area (Å²) < 4.78 is 2.01. The van der Waals surface area contributed by atoms with E-state index in [9.17, 15) is 0 Å². The third-order valence-corrected chi connectivity index (χ3v) is 3.62. The average molecular weight is 374 g/mol. The third kappa shape index (κ3) is 4.19. The number of aryl methyl sites for hydroxylation is 1. The molecule has 0 saturated carbocycles. The van der Waals surface area contributed by atoms with Crippen LogP contribution >= 0.6 is 31.9 Å². The molecule has 0 aliphatic carbocycles. The van der Waals surface area contributed by atoms with Crippen LogP contribution in [0.2, 0.25) is 0 Å². The molecule has 0 aliphatic rings. The number of halogens is 2. The summed E-state index contributed by atoms with van der Waals surface area (Å²) in [4.78, 5) is 11.6. The van der Waals surface area contributed by atoms with Gasteiger partial charge in [0.25, 0.3) is 0 Å². The van der Waals surface area contributed by atoms with Crippen LogP contribution in [0.25, 0.3) is 0 Å². The number of aromatic nitrogens is 3. The Balaban J connectivity index is 1.69. The zero-order valence-electron chi connectivity index (χ0n) is 9.79. The van der Waals surface area contributed by atoms with Crippen molar-refractivity contribution in [1.29, 1.82) is 0 Å². The van der Waals surface area contributed by atoms with Crippen molar-refractivity contribution in [2.75, 3.05) is 6.54 Å². The van der Waals surface area contributed by atoms with E-state index in [1.54, 1.807) is 6.20 Å². The fourth-order valence-corrected chi connectivity index (χ4v) is 2.72. The molecule has 4 nitrogen and oxygen atoms in total. The molecule has 0 spiro atoms. The highest BCUT2D eigenvalue weighted by molar-refractivity contribution is 9.11. The van der Waals surface area contributed by atoms with Crippen LogP contribution in [0.15, 0.2) is 33.6 Å². The lowest BCUT2D eigenvalue weighted by molar-refractivity contribution is 0.631. The fraction of sp³-hybridized carbons (Fsp3) is 0.333. The second-order valence-electron chi connectivity index (χ2n) is 3.90. The second kappa shape index (κ2) is 7.01. The van der Waals surface area contributed by atoms with Crippen LogP contribution in [0.4, 0.5) is 0 Å². The number of H-pyrrole nitrogens is 1. The monoisotopic (exact) mass is 372 g/mol. The molecule has 0 aromatic carbocycles. The molecule has 0 unspecified atom stereocenters. The molecule has 0 fully saturated rings. The number of imidazole rings is 1. The van der Waals surface area contributed by atoms with E-state index in [0.29, 0.717) is 0 Å². The van der Waals surface area contributed by atoms with Gasteiger partial charge in [0, 0.05) is 40.5 Å². The molecular weight excluding hydrogens is 360 g/mol. The summed E-state index contributed by atoms with van der Waals surface area (Å²) in [5, 5.41) is 3.37. The molecule has 2 N–H and O–H groups in total. The molecule has 2 heterocycles. The zero-order chi connectivity index (χ0) is 12.8. The van der Waals surface area contributed by atoms with E-state index in [-0.39, 0.29) is 0 Å². The summed E-state index contributed by atoms with van der Waals surface area (Å²) in [6.07, 6.45) is 7.47. The zero-order valence-corrected chi connectivity index (χ0v) is 13.0. The molecule has 2 rings (SSSR count). The molecule has 2 aromatic heterocycles. The number of rotatable bonds is 6. The van der Waals surface area contributed by atoms with Gasteiger partial charge in [-0.05, 0) is 50.9 Å². The van der Waals surface area contributed by atoms with Crippen molar-refractivity contribution in [3.63, 3.8) is 0 Å². The SMILES string of the molecule is Brc1cnc(CNCCCc2ncc[nH]2)c(Br)c1. The van der Waals surface area contributed by atoms with E-state index in [1.165, 1.54) is 0 Å². The molecule has 0 saturated heterocycles. The van der Waals surface area contributed by atoms with E-state index in [4.69, 9.17) is 0 Å². The van der Waals surface area contributed by atoms with Gasteiger partial charge in [-0.1, -0.05) is 0 Å². The largest absolute Gasteiger partial charge is 0.349 e. The molecular formula is C12H14Br2N4. The average Bonchev–Trinajstić information content (AvgIpc) is 2.84. The standard InChI is InChI=1S/C12H14Br2N4/c13-9-6-10(14)11(18-7-9)8-15-3-1-2-12-16-4-5-17-12/h4-7,15H,1-3,8H2,(H,16,17). The van der Waals surface area contributed by atoms with E-state index in [0.717, 1.165) is 46.4 Å². The van der Waals surface area contributed by atoms with Crippen LogP contribution in [0.1, 0.15) is 17.9 Å². The van der Waals surface area contributed by atoms with Gasteiger partial charge in [-0.2, -0.15) is 0 Å². The van der Waals surface area contributed by atoms with Crippen molar-refractivity contribution in [2.24, 2.45) is 0 Å². The Morgan fingerprint density at radius 2 is 2.17 bits per heavy atom. The summed E-state index contributed by atoms with van der Waals surface area (Å²) in [6.45, 7) is 1.72. The number of nitrogens with one attached hydrogen (secondary N) is 2. The highest BCUT2D eigenvalue weighted by Gasteiger charge is 2.01. The van der Waals surface area contributed by atoms with Gasteiger partial charge in [-0.3, -0.25) is 4.98 Å². The quantitative estimate of drug-likeness (QED) is 0.765. The Morgan fingerprint density at radius 3 is 2.89 bits per heavy atom. The predicted molar refractivity (Wildman–Crippen MR) is 78.3 cm³/mol. The summed E-state index contributed by atoms with van der Waals surface area (Å²) in [6, 6.07) is 2.01. The van der Waals surface area contributed by atoms with E-state index in [2.05, 4.69) is 52.1 Å². The Kier molecular flexibility index (Phi) is 5.34. The lowest BCUT2D eigenvalue weighted by atomic mass is 10.3. The Bertz CT molecular complexity index is 485. The smallest absolute Gasteiger partial charge is 0.106 e. The first-order valence-electron chi connectivity index (χ1n) is 5.74. The van der Waals surface area contributed by atoms with Crippen molar-refractivity contribution in [2.45, 2.75) is 19.4 Å². The summed E-state index contributed by atoms with van der Waals surface area (Å²) in [5.41, 5.74) is 1.02. The molecule has 0 atom stereocenters. The van der Waals surface area contributed by atoms with Crippen LogP contribution in [-0.2, 0) is 13.0 Å². The van der Waals surface area contributed by atoms with Crippen molar-refractivity contribution in [3.8, 4) is 0 Å². The Labute approximate surface area is 123 Å². The molecule has 96 valence electrons. The number of aromatic amines is 1. The van der Waals surface area contributed by atoms with Gasteiger partial charge < -0.3 is 10.3 Å². The Hall–Kier alpha value is -0.720. The minimum Gasteiger partial charge on any atom is -0.349 e. The molecule has 0 amide bonds. The minimum absolute atomic E-state index is 0.770. The molecule has 2 aromatic rings. The first-order chi connectivity index (χ1) is 8.75. The first-order valence-corrected chi connectivity index (χ1v) is 7.33. The van der Waals surface area contributed by atoms with Crippen LogP contribution in [0.3, 0.4) is 0 Å². The summed E-state index contributed by atoms with van der Waals surface area (Å²) in [7, 11) is 0. The van der Waals surface area contributed by atoms with E-state index in [1.807, 2.05) is 18.5 Å².